The quantitative estimate of drug-likeness (QED) is 0.834. The number of likely N-dealkylation sites (tertiary alicyclic amines) is 1. The SMILES string of the molecule is CC1CCCN(CCOc2cccc(CNC3CC3)c2)C1. The zero-order valence-electron chi connectivity index (χ0n) is 13.2. The molecule has 3 heteroatoms. The van der Waals surface area contributed by atoms with Gasteiger partial charge in [0.05, 0.1) is 0 Å². The molecular formula is C18H28N2O. The van der Waals surface area contributed by atoms with Gasteiger partial charge in [-0.2, -0.15) is 0 Å². The molecule has 0 aromatic heterocycles. The van der Waals surface area contributed by atoms with Crippen LogP contribution in [0.3, 0.4) is 0 Å². The molecule has 3 rings (SSSR count). The van der Waals surface area contributed by atoms with Gasteiger partial charge in [-0.15, -0.1) is 0 Å². The number of ether oxygens (including phenoxy) is 1. The molecular weight excluding hydrogens is 260 g/mol. The van der Waals surface area contributed by atoms with Crippen molar-refractivity contribution in [1.82, 2.24) is 10.2 Å². The molecule has 1 saturated carbocycles. The summed E-state index contributed by atoms with van der Waals surface area (Å²) in [6.07, 6.45) is 5.39. The van der Waals surface area contributed by atoms with Crippen molar-refractivity contribution in [2.45, 2.75) is 45.2 Å². The van der Waals surface area contributed by atoms with Crippen molar-refractivity contribution < 1.29 is 4.74 Å². The Balaban J connectivity index is 1.40. The van der Waals surface area contributed by atoms with Crippen LogP contribution in [0.5, 0.6) is 5.75 Å². The summed E-state index contributed by atoms with van der Waals surface area (Å²) in [7, 11) is 0. The third kappa shape index (κ3) is 5.01. The Kier molecular flexibility index (Phi) is 5.15. The van der Waals surface area contributed by atoms with Crippen LogP contribution in [0.2, 0.25) is 0 Å². The Morgan fingerprint density at radius 1 is 1.29 bits per heavy atom. The van der Waals surface area contributed by atoms with Gasteiger partial charge in [0, 0.05) is 25.7 Å². The van der Waals surface area contributed by atoms with Gasteiger partial charge in [0.25, 0.3) is 0 Å². The number of nitrogens with one attached hydrogen (secondary N) is 1. The van der Waals surface area contributed by atoms with E-state index in [0.29, 0.717) is 0 Å². The van der Waals surface area contributed by atoms with Crippen molar-refractivity contribution in [2.24, 2.45) is 5.92 Å². The van der Waals surface area contributed by atoms with E-state index in [0.717, 1.165) is 37.4 Å². The van der Waals surface area contributed by atoms with Gasteiger partial charge < -0.3 is 10.1 Å². The molecule has 0 radical (unpaired) electrons. The second-order valence-electron chi connectivity index (χ2n) is 6.70. The number of hydrogen-bond acceptors (Lipinski definition) is 3. The number of nitrogens with zero attached hydrogens (tertiary/aromatic N) is 1. The maximum Gasteiger partial charge on any atom is 0.119 e. The van der Waals surface area contributed by atoms with Crippen LogP contribution in [-0.4, -0.2) is 37.2 Å². The Hall–Kier alpha value is -1.06. The van der Waals surface area contributed by atoms with E-state index in [1.165, 1.54) is 44.3 Å². The van der Waals surface area contributed by atoms with Crippen LogP contribution in [-0.2, 0) is 6.54 Å². The molecule has 116 valence electrons. The number of piperidine rings is 1. The molecule has 0 spiro atoms. The summed E-state index contributed by atoms with van der Waals surface area (Å²) in [5, 5.41) is 3.55. The van der Waals surface area contributed by atoms with Crippen molar-refractivity contribution in [1.29, 1.82) is 0 Å². The van der Waals surface area contributed by atoms with Crippen molar-refractivity contribution in [3.05, 3.63) is 29.8 Å². The maximum absolute atomic E-state index is 5.94. The molecule has 3 nitrogen and oxygen atoms in total. The van der Waals surface area contributed by atoms with Crippen LogP contribution < -0.4 is 10.1 Å². The van der Waals surface area contributed by atoms with Gasteiger partial charge in [0.2, 0.25) is 0 Å². The van der Waals surface area contributed by atoms with E-state index < -0.39 is 0 Å². The summed E-state index contributed by atoms with van der Waals surface area (Å²) in [5.41, 5.74) is 1.32. The van der Waals surface area contributed by atoms with E-state index in [4.69, 9.17) is 4.74 Å². The van der Waals surface area contributed by atoms with Crippen LogP contribution in [0.15, 0.2) is 24.3 Å². The molecule has 1 aliphatic heterocycles. The van der Waals surface area contributed by atoms with Crippen molar-refractivity contribution in [3.8, 4) is 5.75 Å². The first kappa shape index (κ1) is 14.9. The smallest absolute Gasteiger partial charge is 0.119 e. The number of hydrogen-bond donors (Lipinski definition) is 1. The van der Waals surface area contributed by atoms with E-state index in [-0.39, 0.29) is 0 Å². The van der Waals surface area contributed by atoms with E-state index in [1.54, 1.807) is 0 Å². The fraction of sp³-hybridized carbons (Fsp3) is 0.667. The molecule has 1 N–H and O–H groups in total. The molecule has 1 aliphatic carbocycles. The third-order valence-corrected chi connectivity index (χ3v) is 4.49. The number of rotatable bonds is 7. The minimum absolute atomic E-state index is 0.760. The van der Waals surface area contributed by atoms with Gasteiger partial charge in [-0.05, 0) is 55.8 Å². The van der Waals surface area contributed by atoms with Crippen molar-refractivity contribution in [2.75, 3.05) is 26.2 Å². The standard InChI is InChI=1S/C18H28N2O/c1-15-4-3-9-20(14-15)10-11-21-18-6-2-5-16(12-18)13-19-17-7-8-17/h2,5-6,12,15,17,19H,3-4,7-11,13-14H2,1H3. The molecule has 0 bridgehead atoms. The summed E-state index contributed by atoms with van der Waals surface area (Å²) in [5.74, 6) is 1.85. The lowest BCUT2D eigenvalue weighted by molar-refractivity contribution is 0.153. The Morgan fingerprint density at radius 2 is 2.19 bits per heavy atom. The summed E-state index contributed by atoms with van der Waals surface area (Å²) in [6, 6.07) is 9.28. The topological polar surface area (TPSA) is 24.5 Å². The molecule has 2 fully saturated rings. The minimum atomic E-state index is 0.760. The first-order chi connectivity index (χ1) is 10.3. The highest BCUT2D eigenvalue weighted by Crippen LogP contribution is 2.20. The molecule has 1 atom stereocenters. The average Bonchev–Trinajstić information content (AvgIpc) is 3.30. The van der Waals surface area contributed by atoms with Crippen LogP contribution in [0.25, 0.3) is 0 Å². The average molecular weight is 288 g/mol. The fourth-order valence-corrected chi connectivity index (χ4v) is 3.08. The highest BCUT2D eigenvalue weighted by molar-refractivity contribution is 5.28. The molecule has 1 unspecified atom stereocenters. The van der Waals surface area contributed by atoms with E-state index in [1.807, 2.05) is 0 Å². The van der Waals surface area contributed by atoms with Crippen LogP contribution in [0.1, 0.15) is 38.2 Å². The molecule has 0 amide bonds. The van der Waals surface area contributed by atoms with Crippen LogP contribution >= 0.6 is 0 Å². The molecule has 2 aliphatic rings. The fourth-order valence-electron chi connectivity index (χ4n) is 3.08. The van der Waals surface area contributed by atoms with Gasteiger partial charge in [0.1, 0.15) is 12.4 Å². The zero-order chi connectivity index (χ0) is 14.5. The lowest BCUT2D eigenvalue weighted by atomic mass is 10.0. The van der Waals surface area contributed by atoms with E-state index >= 15 is 0 Å². The maximum atomic E-state index is 5.94. The summed E-state index contributed by atoms with van der Waals surface area (Å²) in [4.78, 5) is 2.53. The van der Waals surface area contributed by atoms with E-state index in [9.17, 15) is 0 Å². The largest absolute Gasteiger partial charge is 0.492 e. The molecule has 21 heavy (non-hydrogen) atoms. The van der Waals surface area contributed by atoms with Crippen LogP contribution in [0.4, 0.5) is 0 Å². The summed E-state index contributed by atoms with van der Waals surface area (Å²) in [6.45, 7) is 7.63. The predicted octanol–water partition coefficient (Wildman–Crippen LogP) is 3.05. The van der Waals surface area contributed by atoms with E-state index in [2.05, 4.69) is 41.4 Å². The van der Waals surface area contributed by atoms with Gasteiger partial charge in [-0.3, -0.25) is 4.90 Å². The normalized spacial score (nSPS) is 23.2. The minimum Gasteiger partial charge on any atom is -0.492 e. The Labute approximate surface area is 128 Å². The molecule has 1 aromatic rings. The van der Waals surface area contributed by atoms with Crippen LogP contribution in [0, 0.1) is 5.92 Å². The predicted molar refractivity (Wildman–Crippen MR) is 86.6 cm³/mol. The summed E-state index contributed by atoms with van der Waals surface area (Å²) >= 11 is 0. The number of benzene rings is 1. The van der Waals surface area contributed by atoms with Gasteiger partial charge in [-0.25, -0.2) is 0 Å². The second-order valence-corrected chi connectivity index (χ2v) is 6.70. The molecule has 1 aromatic carbocycles. The lowest BCUT2D eigenvalue weighted by Gasteiger charge is -2.30. The highest BCUT2D eigenvalue weighted by atomic mass is 16.5. The van der Waals surface area contributed by atoms with Gasteiger partial charge in [0.15, 0.2) is 0 Å². The monoisotopic (exact) mass is 288 g/mol. The molecule has 1 saturated heterocycles. The van der Waals surface area contributed by atoms with Gasteiger partial charge in [-0.1, -0.05) is 19.1 Å². The van der Waals surface area contributed by atoms with Crippen molar-refractivity contribution in [3.63, 3.8) is 0 Å². The Morgan fingerprint density at radius 3 is 3.00 bits per heavy atom. The zero-order valence-corrected chi connectivity index (χ0v) is 13.2. The second kappa shape index (κ2) is 7.28. The third-order valence-electron chi connectivity index (χ3n) is 4.49. The van der Waals surface area contributed by atoms with Crippen molar-refractivity contribution >= 4 is 0 Å². The van der Waals surface area contributed by atoms with Gasteiger partial charge >= 0.3 is 0 Å². The molecule has 1 heterocycles. The first-order valence-corrected chi connectivity index (χ1v) is 8.47. The Bertz CT molecular complexity index is 445. The summed E-state index contributed by atoms with van der Waals surface area (Å²) < 4.78 is 5.94. The lowest BCUT2D eigenvalue weighted by Crippen LogP contribution is -2.37. The highest BCUT2D eigenvalue weighted by Gasteiger charge is 2.20. The first-order valence-electron chi connectivity index (χ1n) is 8.47.